The summed E-state index contributed by atoms with van der Waals surface area (Å²) in [6.45, 7) is 5.03. The molecule has 0 amide bonds. The van der Waals surface area contributed by atoms with Crippen molar-refractivity contribution in [1.29, 1.82) is 0 Å². The summed E-state index contributed by atoms with van der Waals surface area (Å²) >= 11 is 0. The Bertz CT molecular complexity index is 3150. The molecule has 1 aliphatic rings. The molecule has 0 fully saturated rings. The number of para-hydroxylation sites is 1. The van der Waals surface area contributed by atoms with Crippen LogP contribution in [-0.4, -0.2) is 12.6 Å². The summed E-state index contributed by atoms with van der Waals surface area (Å²) < 4.78 is 2.41. The zero-order chi connectivity index (χ0) is 39.5. The number of hydrogen-bond donors (Lipinski definition) is 0. The summed E-state index contributed by atoms with van der Waals surface area (Å²) in [5, 5.41) is 5.46. The van der Waals surface area contributed by atoms with Gasteiger partial charge >= 0.3 is 0 Å². The van der Waals surface area contributed by atoms with Crippen molar-refractivity contribution in [3.05, 3.63) is 218 Å². The molecule has 1 aliphatic heterocycles. The fraction of sp³-hybridized carbons (Fsp3) is 0.0357. The lowest BCUT2D eigenvalue weighted by atomic mass is 10.00. The Morgan fingerprint density at radius 2 is 0.780 bits per heavy atom. The third-order valence-corrected chi connectivity index (χ3v) is 15.9. The van der Waals surface area contributed by atoms with Gasteiger partial charge in [-0.25, -0.2) is 0 Å². The van der Waals surface area contributed by atoms with Crippen LogP contribution in [0.25, 0.3) is 72.0 Å². The van der Waals surface area contributed by atoms with Gasteiger partial charge in [0.1, 0.15) is 8.07 Å². The molecule has 3 heteroatoms. The fourth-order valence-electron chi connectivity index (χ4n) is 9.37. The Morgan fingerprint density at radius 3 is 1.42 bits per heavy atom. The number of anilines is 3. The van der Waals surface area contributed by atoms with E-state index in [1.165, 1.54) is 82.4 Å². The first-order chi connectivity index (χ1) is 29.0. The molecule has 0 N–H and O–H groups in total. The largest absolute Gasteiger partial charge is 0.310 e. The second-order valence-electron chi connectivity index (χ2n) is 16.2. The molecule has 0 aliphatic carbocycles. The molecule has 2 heterocycles. The van der Waals surface area contributed by atoms with E-state index < -0.39 is 8.07 Å². The van der Waals surface area contributed by atoms with Crippen molar-refractivity contribution >= 4 is 57.3 Å². The van der Waals surface area contributed by atoms with Crippen LogP contribution >= 0.6 is 0 Å². The first-order valence-electron chi connectivity index (χ1n) is 20.5. The number of rotatable bonds is 7. The third-order valence-electron chi connectivity index (χ3n) is 12.4. The quantitative estimate of drug-likeness (QED) is 0.147. The lowest BCUT2D eigenvalue weighted by Crippen LogP contribution is -2.49. The minimum absolute atomic E-state index is 1.13. The van der Waals surface area contributed by atoms with Crippen LogP contribution in [0.4, 0.5) is 17.1 Å². The zero-order valence-corrected chi connectivity index (χ0v) is 34.2. The molecule has 280 valence electrons. The molecule has 0 unspecified atom stereocenters. The normalized spacial score (nSPS) is 12.7. The van der Waals surface area contributed by atoms with E-state index in [1.807, 2.05) is 0 Å². The molecule has 0 radical (unpaired) electrons. The van der Waals surface area contributed by atoms with Gasteiger partial charge in [0.05, 0.1) is 11.0 Å². The molecular formula is C56H42N2Si. The second kappa shape index (κ2) is 14.0. The van der Waals surface area contributed by atoms with E-state index in [2.05, 4.69) is 241 Å². The summed E-state index contributed by atoms with van der Waals surface area (Å²) in [6, 6.07) is 80.2. The number of hydrogen-bond acceptors (Lipinski definition) is 1. The average molecular weight is 771 g/mol. The lowest BCUT2D eigenvalue weighted by molar-refractivity contribution is 1.18. The Hall–Kier alpha value is -7.20. The van der Waals surface area contributed by atoms with Crippen LogP contribution in [-0.2, 0) is 0 Å². The number of nitrogens with zero attached hydrogens (tertiary/aromatic N) is 2. The van der Waals surface area contributed by atoms with Crippen molar-refractivity contribution in [2.75, 3.05) is 4.90 Å². The predicted octanol–water partition coefficient (Wildman–Crippen LogP) is 14.1. The van der Waals surface area contributed by atoms with E-state index in [9.17, 15) is 0 Å². The molecule has 0 atom stereocenters. The van der Waals surface area contributed by atoms with Crippen LogP contribution in [0.2, 0.25) is 13.1 Å². The molecule has 0 saturated carbocycles. The molecule has 2 nitrogen and oxygen atoms in total. The summed E-state index contributed by atoms with van der Waals surface area (Å²) in [7, 11) is -2.05. The molecule has 9 aromatic carbocycles. The Morgan fingerprint density at radius 1 is 0.339 bits per heavy atom. The molecule has 0 spiro atoms. The van der Waals surface area contributed by atoms with Crippen molar-refractivity contribution in [3.63, 3.8) is 0 Å². The van der Waals surface area contributed by atoms with Crippen molar-refractivity contribution in [2.24, 2.45) is 0 Å². The summed E-state index contributed by atoms with van der Waals surface area (Å²) in [5.41, 5.74) is 17.1. The Labute approximate surface area is 346 Å². The first-order valence-corrected chi connectivity index (χ1v) is 23.5. The van der Waals surface area contributed by atoms with Gasteiger partial charge in [-0.3, -0.25) is 0 Å². The number of aromatic nitrogens is 1. The second-order valence-corrected chi connectivity index (χ2v) is 20.5. The number of fused-ring (bicyclic) bond motifs is 6. The number of benzene rings is 9. The van der Waals surface area contributed by atoms with Gasteiger partial charge in [-0.2, -0.15) is 0 Å². The monoisotopic (exact) mass is 770 g/mol. The van der Waals surface area contributed by atoms with Crippen LogP contribution in [0.3, 0.4) is 0 Å². The van der Waals surface area contributed by atoms with Crippen molar-refractivity contribution in [1.82, 2.24) is 4.57 Å². The van der Waals surface area contributed by atoms with E-state index in [1.54, 1.807) is 0 Å². The Kier molecular flexibility index (Phi) is 8.31. The van der Waals surface area contributed by atoms with Gasteiger partial charge in [0.15, 0.2) is 0 Å². The highest BCUT2D eigenvalue weighted by atomic mass is 28.3. The van der Waals surface area contributed by atoms with Crippen LogP contribution in [0.15, 0.2) is 218 Å². The van der Waals surface area contributed by atoms with Crippen LogP contribution < -0.4 is 15.3 Å². The maximum absolute atomic E-state index is 2.52. The van der Waals surface area contributed by atoms with Crippen LogP contribution in [0.5, 0.6) is 0 Å². The van der Waals surface area contributed by atoms with Crippen LogP contribution in [0.1, 0.15) is 0 Å². The molecule has 1 aromatic heterocycles. The van der Waals surface area contributed by atoms with E-state index in [4.69, 9.17) is 0 Å². The molecule has 10 aromatic rings. The lowest BCUT2D eigenvalue weighted by Gasteiger charge is -2.28. The predicted molar refractivity (Wildman–Crippen MR) is 254 cm³/mol. The molecule has 0 saturated heterocycles. The summed E-state index contributed by atoms with van der Waals surface area (Å²) in [4.78, 5) is 2.46. The Balaban J connectivity index is 1.05. The van der Waals surface area contributed by atoms with E-state index in [0.717, 1.165) is 17.1 Å². The highest BCUT2D eigenvalue weighted by Gasteiger charge is 2.38. The van der Waals surface area contributed by atoms with Gasteiger partial charge in [0.2, 0.25) is 0 Å². The van der Waals surface area contributed by atoms with E-state index in [0.29, 0.717) is 0 Å². The zero-order valence-electron chi connectivity index (χ0n) is 33.2. The van der Waals surface area contributed by atoms with Crippen LogP contribution in [0, 0.1) is 0 Å². The van der Waals surface area contributed by atoms with Gasteiger partial charge in [-0.05, 0) is 116 Å². The van der Waals surface area contributed by atoms with Crippen molar-refractivity contribution in [2.45, 2.75) is 13.1 Å². The van der Waals surface area contributed by atoms with Gasteiger partial charge in [0, 0.05) is 33.5 Å². The molecule has 59 heavy (non-hydrogen) atoms. The fourth-order valence-corrected chi connectivity index (χ4v) is 12.5. The minimum atomic E-state index is -2.05. The maximum Gasteiger partial charge on any atom is 0.113 e. The van der Waals surface area contributed by atoms with Crippen molar-refractivity contribution < 1.29 is 0 Å². The molecule has 11 rings (SSSR count). The van der Waals surface area contributed by atoms with Gasteiger partial charge in [-0.15, -0.1) is 0 Å². The standard InChI is InChI=1S/C56H42N2Si/c1-59(2)55-36-44(41-18-10-5-11-19-41)26-33-50(55)51-34-31-48(38-56(51)59)57(45-27-22-42(23-28-45)39-14-6-3-7-15-39)47-32-35-54-52(37-47)49-20-12-13-21-53(49)58(54)46-29-24-43(25-30-46)40-16-8-4-9-17-40/h3-38H,1-2H3. The summed E-state index contributed by atoms with van der Waals surface area (Å²) in [6.07, 6.45) is 0. The molecule has 0 bridgehead atoms. The topological polar surface area (TPSA) is 8.17 Å². The van der Waals surface area contributed by atoms with E-state index in [-0.39, 0.29) is 0 Å². The maximum atomic E-state index is 2.52. The highest BCUT2D eigenvalue weighted by molar-refractivity contribution is 7.04. The van der Waals surface area contributed by atoms with Gasteiger partial charge in [-0.1, -0.05) is 171 Å². The van der Waals surface area contributed by atoms with Crippen molar-refractivity contribution in [3.8, 4) is 50.2 Å². The minimum Gasteiger partial charge on any atom is -0.310 e. The third kappa shape index (κ3) is 5.93. The average Bonchev–Trinajstić information content (AvgIpc) is 3.75. The summed E-state index contributed by atoms with van der Waals surface area (Å²) in [5.74, 6) is 0. The highest BCUT2D eigenvalue weighted by Crippen LogP contribution is 2.42. The molecular weight excluding hydrogens is 729 g/mol. The smallest absolute Gasteiger partial charge is 0.113 e. The van der Waals surface area contributed by atoms with E-state index >= 15 is 0 Å². The van der Waals surface area contributed by atoms with Gasteiger partial charge in [0.25, 0.3) is 0 Å². The van der Waals surface area contributed by atoms with Gasteiger partial charge < -0.3 is 9.47 Å². The SMILES string of the molecule is C[Si]1(C)c2cc(-c3ccccc3)ccc2-c2ccc(N(c3ccc(-c4ccccc4)cc3)c3ccc4c(c3)c3ccccc3n4-c3ccc(-c4ccccc4)cc3)cc21. The first kappa shape index (κ1) is 35.0.